The van der Waals surface area contributed by atoms with Crippen LogP contribution in [0.1, 0.15) is 32.1 Å². The third-order valence-corrected chi connectivity index (χ3v) is 6.25. The lowest BCUT2D eigenvalue weighted by Gasteiger charge is -2.46. The number of anilines is 1. The van der Waals surface area contributed by atoms with E-state index in [9.17, 15) is 0 Å². The van der Waals surface area contributed by atoms with E-state index in [1.807, 2.05) is 11.4 Å². The van der Waals surface area contributed by atoms with Gasteiger partial charge in [0.25, 0.3) is 0 Å². The van der Waals surface area contributed by atoms with E-state index in [-0.39, 0.29) is 5.60 Å². The van der Waals surface area contributed by atoms with Crippen molar-refractivity contribution in [1.82, 2.24) is 9.97 Å². The van der Waals surface area contributed by atoms with Crippen LogP contribution in [0.5, 0.6) is 0 Å². The molecule has 4 rings (SSSR count). The van der Waals surface area contributed by atoms with Gasteiger partial charge in [-0.15, -0.1) is 11.3 Å². The number of hydrogen-bond acceptors (Lipinski definition) is 6. The number of nitrogens with two attached hydrogens (primary N) is 1. The van der Waals surface area contributed by atoms with Crippen LogP contribution in [0, 0.1) is 0 Å². The van der Waals surface area contributed by atoms with Crippen LogP contribution < -0.4 is 5.73 Å². The highest BCUT2D eigenvalue weighted by Gasteiger charge is 2.42. The van der Waals surface area contributed by atoms with Gasteiger partial charge in [0.1, 0.15) is 10.6 Å². The highest BCUT2D eigenvalue weighted by molar-refractivity contribution is 7.99. The Morgan fingerprint density at radius 1 is 1.40 bits per heavy atom. The number of nitrogen functional groups attached to an aromatic ring is 1. The zero-order chi connectivity index (χ0) is 13.6. The van der Waals surface area contributed by atoms with Gasteiger partial charge < -0.3 is 10.5 Å². The Kier molecular flexibility index (Phi) is 3.12. The van der Waals surface area contributed by atoms with Gasteiger partial charge in [-0.25, -0.2) is 9.97 Å². The predicted octanol–water partition coefficient (Wildman–Crippen LogP) is 3.47. The van der Waals surface area contributed by atoms with E-state index in [2.05, 4.69) is 9.97 Å². The first kappa shape index (κ1) is 12.9. The largest absolute Gasteiger partial charge is 0.383 e. The van der Waals surface area contributed by atoms with E-state index >= 15 is 0 Å². The summed E-state index contributed by atoms with van der Waals surface area (Å²) in [7, 11) is 0. The molecule has 6 heteroatoms. The summed E-state index contributed by atoms with van der Waals surface area (Å²) >= 11 is 3.40. The van der Waals surface area contributed by atoms with E-state index in [1.165, 1.54) is 19.3 Å². The molecule has 1 unspecified atom stereocenters. The Morgan fingerprint density at radius 3 is 3.10 bits per heavy atom. The Bertz CT molecular complexity index is 638. The number of fused-ring (bicyclic) bond motifs is 1. The summed E-state index contributed by atoms with van der Waals surface area (Å²) < 4.78 is 5.97. The van der Waals surface area contributed by atoms with Crippen LogP contribution in [0.25, 0.3) is 10.2 Å². The van der Waals surface area contributed by atoms with Crippen molar-refractivity contribution in [3.05, 3.63) is 11.4 Å². The van der Waals surface area contributed by atoms with Gasteiger partial charge in [0, 0.05) is 11.9 Å². The molecule has 20 heavy (non-hydrogen) atoms. The monoisotopic (exact) mass is 307 g/mol. The molecule has 0 amide bonds. The Morgan fingerprint density at radius 2 is 2.30 bits per heavy atom. The molecule has 1 aliphatic heterocycles. The quantitative estimate of drug-likeness (QED) is 0.861. The molecule has 2 aliphatic rings. The molecular weight excluding hydrogens is 290 g/mol. The fraction of sp³-hybridized carbons (Fsp3) is 0.571. The second-order valence-corrected chi connectivity index (χ2v) is 7.81. The van der Waals surface area contributed by atoms with Crippen LogP contribution in [0.15, 0.2) is 16.6 Å². The number of thioether (sulfide) groups is 1. The molecule has 4 nitrogen and oxygen atoms in total. The van der Waals surface area contributed by atoms with Gasteiger partial charge in [0.2, 0.25) is 0 Å². The lowest BCUT2D eigenvalue weighted by Crippen LogP contribution is -2.46. The van der Waals surface area contributed by atoms with Gasteiger partial charge in [-0.1, -0.05) is 11.8 Å². The maximum atomic E-state index is 6.01. The van der Waals surface area contributed by atoms with Crippen LogP contribution in [0.2, 0.25) is 0 Å². The van der Waals surface area contributed by atoms with E-state index in [4.69, 9.17) is 10.5 Å². The first-order chi connectivity index (χ1) is 9.74. The van der Waals surface area contributed by atoms with E-state index < -0.39 is 0 Å². The first-order valence-corrected chi connectivity index (χ1v) is 8.81. The van der Waals surface area contributed by atoms with Crippen molar-refractivity contribution in [2.75, 3.05) is 12.3 Å². The lowest BCUT2D eigenvalue weighted by atomic mass is 9.75. The Hall–Kier alpha value is -0.850. The number of hydrogen-bond donors (Lipinski definition) is 1. The SMILES string of the molecule is Nc1nc(SC2CCOC3(CCC3)C2)nc2sccc12. The maximum Gasteiger partial charge on any atom is 0.191 e. The number of rotatable bonds is 2. The van der Waals surface area contributed by atoms with Crippen LogP contribution in [-0.2, 0) is 4.74 Å². The minimum absolute atomic E-state index is 0.175. The van der Waals surface area contributed by atoms with E-state index in [0.717, 1.165) is 34.8 Å². The highest BCUT2D eigenvalue weighted by Crippen LogP contribution is 2.46. The fourth-order valence-electron chi connectivity index (χ4n) is 3.06. The molecule has 0 radical (unpaired) electrons. The van der Waals surface area contributed by atoms with Crippen molar-refractivity contribution in [2.24, 2.45) is 0 Å². The molecule has 1 spiro atoms. The summed E-state index contributed by atoms with van der Waals surface area (Å²) in [4.78, 5) is 10.1. The number of ether oxygens (including phenoxy) is 1. The summed E-state index contributed by atoms with van der Waals surface area (Å²) in [6.45, 7) is 0.869. The molecule has 1 saturated carbocycles. The number of nitrogens with zero attached hydrogens (tertiary/aromatic N) is 2. The minimum atomic E-state index is 0.175. The normalized spacial score (nSPS) is 24.9. The first-order valence-electron chi connectivity index (χ1n) is 7.05. The summed E-state index contributed by atoms with van der Waals surface area (Å²) in [5, 5.41) is 4.36. The second kappa shape index (κ2) is 4.86. The molecular formula is C14H17N3OS2. The third kappa shape index (κ3) is 2.19. The minimum Gasteiger partial charge on any atom is -0.383 e. The lowest BCUT2D eigenvalue weighted by molar-refractivity contribution is -0.125. The van der Waals surface area contributed by atoms with Gasteiger partial charge in [-0.05, 0) is 43.6 Å². The number of aromatic nitrogens is 2. The Labute approximate surface area is 126 Å². The van der Waals surface area contributed by atoms with Crippen molar-refractivity contribution in [1.29, 1.82) is 0 Å². The molecule has 0 bridgehead atoms. The van der Waals surface area contributed by atoms with E-state index in [0.29, 0.717) is 11.1 Å². The van der Waals surface area contributed by atoms with Crippen LogP contribution in [-0.4, -0.2) is 27.4 Å². The average Bonchev–Trinajstić information content (AvgIpc) is 2.86. The second-order valence-electron chi connectivity index (χ2n) is 5.65. The molecule has 1 atom stereocenters. The van der Waals surface area contributed by atoms with Crippen molar-refractivity contribution in [3.8, 4) is 0 Å². The summed E-state index contributed by atoms with van der Waals surface area (Å²) in [6.07, 6.45) is 5.96. The predicted molar refractivity (Wildman–Crippen MR) is 83.2 cm³/mol. The molecule has 106 valence electrons. The zero-order valence-electron chi connectivity index (χ0n) is 11.2. The topological polar surface area (TPSA) is 61.0 Å². The van der Waals surface area contributed by atoms with Crippen molar-refractivity contribution >= 4 is 39.1 Å². The van der Waals surface area contributed by atoms with Crippen molar-refractivity contribution in [3.63, 3.8) is 0 Å². The maximum absolute atomic E-state index is 6.01. The molecule has 3 heterocycles. The van der Waals surface area contributed by atoms with Gasteiger partial charge in [0.05, 0.1) is 11.0 Å². The molecule has 2 N–H and O–H groups in total. The summed E-state index contributed by atoms with van der Waals surface area (Å²) in [5.74, 6) is 0.601. The highest BCUT2D eigenvalue weighted by atomic mass is 32.2. The Balaban J connectivity index is 1.54. The van der Waals surface area contributed by atoms with Gasteiger partial charge >= 0.3 is 0 Å². The smallest absolute Gasteiger partial charge is 0.191 e. The molecule has 2 fully saturated rings. The molecule has 1 aliphatic carbocycles. The third-order valence-electron chi connectivity index (χ3n) is 4.32. The van der Waals surface area contributed by atoms with E-state index in [1.54, 1.807) is 23.1 Å². The summed E-state index contributed by atoms with van der Waals surface area (Å²) in [5.41, 5.74) is 6.19. The molecule has 2 aromatic heterocycles. The average molecular weight is 307 g/mol. The van der Waals surface area contributed by atoms with Crippen LogP contribution >= 0.6 is 23.1 Å². The van der Waals surface area contributed by atoms with Gasteiger partial charge in [-0.2, -0.15) is 0 Å². The molecule has 0 aromatic carbocycles. The van der Waals surface area contributed by atoms with Gasteiger partial charge in [0.15, 0.2) is 5.16 Å². The van der Waals surface area contributed by atoms with Crippen LogP contribution in [0.4, 0.5) is 5.82 Å². The fourth-order valence-corrected chi connectivity index (χ4v) is 5.09. The van der Waals surface area contributed by atoms with Crippen molar-refractivity contribution in [2.45, 2.75) is 48.1 Å². The van der Waals surface area contributed by atoms with Gasteiger partial charge in [-0.3, -0.25) is 0 Å². The van der Waals surface area contributed by atoms with Crippen molar-refractivity contribution < 1.29 is 4.74 Å². The van der Waals surface area contributed by atoms with Crippen LogP contribution in [0.3, 0.4) is 0 Å². The molecule has 1 saturated heterocycles. The zero-order valence-corrected chi connectivity index (χ0v) is 12.8. The summed E-state index contributed by atoms with van der Waals surface area (Å²) in [6, 6.07) is 1.99. The standard InChI is InChI=1S/C14H17N3OS2/c15-11-10-3-7-19-12(10)17-13(16-11)20-9-2-6-18-14(8-9)4-1-5-14/h3,7,9H,1-2,4-6,8H2,(H2,15,16,17). The number of thiophene rings is 1. The molecule has 2 aromatic rings.